The van der Waals surface area contributed by atoms with Gasteiger partial charge in [-0.1, -0.05) is 30.8 Å². The fraction of sp³-hybridized carbons (Fsp3) is 0.500. The number of hydrogen-bond donors (Lipinski definition) is 0. The molecular formula is C16H21N5O3S. The molecule has 0 radical (unpaired) electrons. The highest BCUT2D eigenvalue weighted by Crippen LogP contribution is 2.31. The Hall–Kier alpha value is -2.29. The van der Waals surface area contributed by atoms with Gasteiger partial charge in [-0.25, -0.2) is 4.68 Å². The van der Waals surface area contributed by atoms with E-state index in [4.69, 9.17) is 9.47 Å². The number of fused-ring (bicyclic) bond motifs is 1. The van der Waals surface area contributed by atoms with Crippen LogP contribution < -0.4 is 9.47 Å². The molecule has 1 aliphatic heterocycles. The van der Waals surface area contributed by atoms with Gasteiger partial charge in [0.15, 0.2) is 17.6 Å². The summed E-state index contributed by atoms with van der Waals surface area (Å²) in [4.78, 5) is 14.4. The second-order valence-electron chi connectivity index (χ2n) is 5.71. The molecule has 2 heterocycles. The number of nitrogens with zero attached hydrogens (tertiary/aromatic N) is 5. The highest BCUT2D eigenvalue weighted by atomic mass is 32.2. The summed E-state index contributed by atoms with van der Waals surface area (Å²) in [7, 11) is 1.75. The summed E-state index contributed by atoms with van der Waals surface area (Å²) in [6.07, 6.45) is 0.707. The van der Waals surface area contributed by atoms with Crippen LogP contribution in [0.15, 0.2) is 29.4 Å². The van der Waals surface area contributed by atoms with Crippen molar-refractivity contribution < 1.29 is 14.3 Å². The smallest absolute Gasteiger partial charge is 0.233 e. The third-order valence-electron chi connectivity index (χ3n) is 3.74. The van der Waals surface area contributed by atoms with Gasteiger partial charge in [0, 0.05) is 13.6 Å². The van der Waals surface area contributed by atoms with Crippen LogP contribution in [0, 0.1) is 0 Å². The number of carbonyl (C=O) groups excluding carboxylic acids is 1. The summed E-state index contributed by atoms with van der Waals surface area (Å²) in [5, 5.41) is 11.8. The predicted octanol–water partition coefficient (Wildman–Crippen LogP) is 1.38. The van der Waals surface area contributed by atoms with Gasteiger partial charge >= 0.3 is 0 Å². The molecule has 9 heteroatoms. The summed E-state index contributed by atoms with van der Waals surface area (Å²) >= 11 is 1.33. The van der Waals surface area contributed by atoms with Crippen molar-refractivity contribution in [3.63, 3.8) is 0 Å². The number of ether oxygens (including phenoxy) is 2. The van der Waals surface area contributed by atoms with Crippen LogP contribution in [-0.4, -0.2) is 62.6 Å². The lowest BCUT2D eigenvalue weighted by Gasteiger charge is -2.31. The van der Waals surface area contributed by atoms with E-state index in [1.807, 2.05) is 36.1 Å². The Kier molecular flexibility index (Phi) is 5.75. The average Bonchev–Trinajstić information content (AvgIpc) is 3.04. The van der Waals surface area contributed by atoms with E-state index in [1.54, 1.807) is 11.7 Å². The molecule has 0 N–H and O–H groups in total. The molecule has 8 nitrogen and oxygen atoms in total. The van der Waals surface area contributed by atoms with Crippen molar-refractivity contribution in [1.82, 2.24) is 25.1 Å². The molecule has 1 aromatic heterocycles. The Morgan fingerprint density at radius 3 is 2.92 bits per heavy atom. The van der Waals surface area contributed by atoms with Crippen LogP contribution in [-0.2, 0) is 11.8 Å². The number of aromatic nitrogens is 4. The van der Waals surface area contributed by atoms with Crippen LogP contribution in [0.5, 0.6) is 11.5 Å². The minimum Gasteiger partial charge on any atom is -0.486 e. The molecule has 3 rings (SSSR count). The van der Waals surface area contributed by atoms with Gasteiger partial charge < -0.3 is 14.4 Å². The fourth-order valence-electron chi connectivity index (χ4n) is 2.55. The van der Waals surface area contributed by atoms with E-state index >= 15 is 0 Å². The van der Waals surface area contributed by atoms with Crippen LogP contribution in [0.3, 0.4) is 0 Å². The maximum atomic E-state index is 12.6. The van der Waals surface area contributed by atoms with Gasteiger partial charge in [0.2, 0.25) is 11.1 Å². The van der Waals surface area contributed by atoms with Gasteiger partial charge in [-0.2, -0.15) is 0 Å². The topological polar surface area (TPSA) is 82.4 Å². The zero-order valence-corrected chi connectivity index (χ0v) is 15.1. The predicted molar refractivity (Wildman–Crippen MR) is 92.7 cm³/mol. The fourth-order valence-corrected chi connectivity index (χ4v) is 3.30. The first kappa shape index (κ1) is 17.5. The second kappa shape index (κ2) is 8.19. The summed E-state index contributed by atoms with van der Waals surface area (Å²) in [5.74, 6) is 1.80. The molecule has 0 saturated heterocycles. The molecular weight excluding hydrogens is 342 g/mol. The number of carbonyl (C=O) groups is 1. The lowest BCUT2D eigenvalue weighted by Crippen LogP contribution is -2.44. The van der Waals surface area contributed by atoms with Gasteiger partial charge in [0.25, 0.3) is 0 Å². The number of aryl methyl sites for hydroxylation is 1. The third-order valence-corrected chi connectivity index (χ3v) is 4.74. The van der Waals surface area contributed by atoms with Crippen molar-refractivity contribution in [3.8, 4) is 11.5 Å². The van der Waals surface area contributed by atoms with Crippen molar-refractivity contribution in [2.24, 2.45) is 7.05 Å². The molecule has 1 amide bonds. The summed E-state index contributed by atoms with van der Waals surface area (Å²) in [6, 6.07) is 7.58. The number of amides is 1. The molecule has 0 saturated carbocycles. The molecule has 0 aliphatic carbocycles. The van der Waals surface area contributed by atoms with Gasteiger partial charge in [-0.3, -0.25) is 4.79 Å². The highest BCUT2D eigenvalue weighted by molar-refractivity contribution is 7.99. The second-order valence-corrected chi connectivity index (χ2v) is 6.65. The van der Waals surface area contributed by atoms with Crippen molar-refractivity contribution in [2.75, 3.05) is 25.4 Å². The first-order valence-electron chi connectivity index (χ1n) is 8.18. The molecule has 0 fully saturated rings. The van der Waals surface area contributed by atoms with E-state index < -0.39 is 0 Å². The lowest BCUT2D eigenvalue weighted by atomic mass is 10.2. The van der Waals surface area contributed by atoms with Crippen molar-refractivity contribution in [1.29, 1.82) is 0 Å². The summed E-state index contributed by atoms with van der Waals surface area (Å²) in [5.41, 5.74) is 0. The van der Waals surface area contributed by atoms with E-state index in [2.05, 4.69) is 15.5 Å². The summed E-state index contributed by atoms with van der Waals surface area (Å²) < 4.78 is 13.3. The largest absolute Gasteiger partial charge is 0.486 e. The minimum atomic E-state index is -0.174. The number of rotatable bonds is 7. The first-order valence-corrected chi connectivity index (χ1v) is 9.17. The Morgan fingerprint density at radius 1 is 1.40 bits per heavy atom. The van der Waals surface area contributed by atoms with Gasteiger partial charge in [0.05, 0.1) is 12.3 Å². The number of hydrogen-bond acceptors (Lipinski definition) is 7. The van der Waals surface area contributed by atoms with Crippen LogP contribution in [0.1, 0.15) is 13.3 Å². The maximum absolute atomic E-state index is 12.6. The highest BCUT2D eigenvalue weighted by Gasteiger charge is 2.25. The van der Waals surface area contributed by atoms with Gasteiger partial charge in [0.1, 0.15) is 6.61 Å². The van der Waals surface area contributed by atoms with E-state index in [1.165, 1.54) is 11.8 Å². The lowest BCUT2D eigenvalue weighted by molar-refractivity contribution is -0.130. The molecule has 134 valence electrons. The Morgan fingerprint density at radius 2 is 2.20 bits per heavy atom. The normalized spacial score (nSPS) is 15.8. The molecule has 1 atom stereocenters. The van der Waals surface area contributed by atoms with Crippen LogP contribution in [0.2, 0.25) is 0 Å². The zero-order chi connectivity index (χ0) is 17.6. The van der Waals surface area contributed by atoms with Crippen LogP contribution in [0.4, 0.5) is 0 Å². The Labute approximate surface area is 150 Å². The van der Waals surface area contributed by atoms with Crippen molar-refractivity contribution in [3.05, 3.63) is 24.3 Å². The monoisotopic (exact) mass is 363 g/mol. The van der Waals surface area contributed by atoms with E-state index in [-0.39, 0.29) is 12.0 Å². The van der Waals surface area contributed by atoms with Gasteiger partial charge in [-0.05, 0) is 29.0 Å². The van der Waals surface area contributed by atoms with Gasteiger partial charge in [-0.15, -0.1) is 5.10 Å². The molecule has 0 bridgehead atoms. The number of tetrazole rings is 1. The Balaban J connectivity index is 1.57. The number of thioether (sulfide) groups is 1. The molecule has 1 aromatic carbocycles. The SMILES string of the molecule is CCCN(C[C@H]1COc2ccccc2O1)C(=O)CSc1nnnn1C. The Bertz CT molecular complexity index is 723. The molecule has 0 spiro atoms. The van der Waals surface area contributed by atoms with Crippen LogP contribution >= 0.6 is 11.8 Å². The standard InChI is InChI=1S/C16H21N5O3S/c1-3-8-21(15(22)11-25-16-17-18-19-20(16)2)9-12-10-23-13-6-4-5-7-14(13)24-12/h4-7,12H,3,8-11H2,1-2H3/t12-/m0/s1. The van der Waals surface area contributed by atoms with E-state index in [0.29, 0.717) is 30.6 Å². The van der Waals surface area contributed by atoms with Crippen molar-refractivity contribution >= 4 is 17.7 Å². The third kappa shape index (κ3) is 4.41. The minimum absolute atomic E-state index is 0.0392. The van der Waals surface area contributed by atoms with Crippen molar-refractivity contribution in [2.45, 2.75) is 24.6 Å². The van der Waals surface area contributed by atoms with Crippen LogP contribution in [0.25, 0.3) is 0 Å². The average molecular weight is 363 g/mol. The zero-order valence-electron chi connectivity index (χ0n) is 14.3. The number of benzene rings is 1. The first-order chi connectivity index (χ1) is 12.2. The molecule has 25 heavy (non-hydrogen) atoms. The maximum Gasteiger partial charge on any atom is 0.233 e. The van der Waals surface area contributed by atoms with E-state index in [9.17, 15) is 4.79 Å². The summed E-state index contributed by atoms with van der Waals surface area (Å²) in [6.45, 7) is 3.66. The quantitative estimate of drug-likeness (QED) is 0.687. The molecule has 0 unspecified atom stereocenters. The molecule has 1 aliphatic rings. The molecule has 2 aromatic rings. The number of para-hydroxylation sites is 2. The van der Waals surface area contributed by atoms with E-state index in [0.717, 1.165) is 17.9 Å².